The molecule has 1 N–H and O–H groups in total. The Balaban J connectivity index is 1.99. The van der Waals surface area contributed by atoms with Crippen molar-refractivity contribution >= 4 is 16.9 Å². The van der Waals surface area contributed by atoms with Crippen LogP contribution in [0.2, 0.25) is 0 Å². The Bertz CT molecular complexity index is 744. The summed E-state index contributed by atoms with van der Waals surface area (Å²) in [6.07, 6.45) is 2.08. The van der Waals surface area contributed by atoms with Crippen LogP contribution in [0, 0.1) is 0 Å². The average molecular weight is 265 g/mol. The fraction of sp³-hybridized carbons (Fsp3) is 0.118. The summed E-state index contributed by atoms with van der Waals surface area (Å²) in [6, 6.07) is 18.1. The number of carboxylic acid groups (broad SMARTS) is 1. The number of rotatable bonds is 4. The summed E-state index contributed by atoms with van der Waals surface area (Å²) in [5, 5.41) is 9.98. The van der Waals surface area contributed by atoms with Gasteiger partial charge in [0.15, 0.2) is 0 Å². The van der Waals surface area contributed by atoms with Crippen LogP contribution in [0.3, 0.4) is 0 Å². The van der Waals surface area contributed by atoms with E-state index in [2.05, 4.69) is 16.7 Å². The Labute approximate surface area is 117 Å². The molecule has 3 nitrogen and oxygen atoms in total. The Kier molecular flexibility index (Phi) is 3.25. The first-order valence-corrected chi connectivity index (χ1v) is 6.56. The fourth-order valence-electron chi connectivity index (χ4n) is 2.52. The number of aliphatic carboxylic acids is 1. The molecular weight excluding hydrogens is 250 g/mol. The largest absolute Gasteiger partial charge is 0.481 e. The van der Waals surface area contributed by atoms with Crippen LogP contribution in [0.5, 0.6) is 0 Å². The highest BCUT2D eigenvalue weighted by molar-refractivity contribution is 5.87. The molecule has 0 radical (unpaired) electrons. The maximum Gasteiger partial charge on any atom is 0.307 e. The standard InChI is InChI=1S/C17H15NO2/c19-17(20)11-14-7-4-8-16-15(14)9-10-18(16)12-13-5-2-1-3-6-13/h1-10H,11-12H2,(H,19,20). The number of hydrogen-bond donors (Lipinski definition) is 1. The van der Waals surface area contributed by atoms with E-state index in [0.717, 1.165) is 23.0 Å². The van der Waals surface area contributed by atoms with Crippen LogP contribution in [0.1, 0.15) is 11.1 Å². The molecule has 2 aromatic carbocycles. The fourth-order valence-corrected chi connectivity index (χ4v) is 2.52. The van der Waals surface area contributed by atoms with Gasteiger partial charge in [0, 0.05) is 23.6 Å². The number of nitrogens with zero attached hydrogens (tertiary/aromatic N) is 1. The highest BCUT2D eigenvalue weighted by atomic mass is 16.4. The van der Waals surface area contributed by atoms with Gasteiger partial charge in [-0.2, -0.15) is 0 Å². The van der Waals surface area contributed by atoms with E-state index in [4.69, 9.17) is 5.11 Å². The van der Waals surface area contributed by atoms with Gasteiger partial charge in [0.2, 0.25) is 0 Å². The van der Waals surface area contributed by atoms with Crippen molar-refractivity contribution < 1.29 is 9.90 Å². The van der Waals surface area contributed by atoms with Gasteiger partial charge in [-0.1, -0.05) is 42.5 Å². The second-order valence-electron chi connectivity index (χ2n) is 4.85. The lowest BCUT2D eigenvalue weighted by Crippen LogP contribution is -2.01. The number of hydrogen-bond acceptors (Lipinski definition) is 1. The molecular formula is C17H15NO2. The second-order valence-corrected chi connectivity index (χ2v) is 4.85. The first-order valence-electron chi connectivity index (χ1n) is 6.56. The Morgan fingerprint density at radius 2 is 1.80 bits per heavy atom. The molecule has 1 aromatic heterocycles. The number of carbonyl (C=O) groups is 1. The van der Waals surface area contributed by atoms with Crippen molar-refractivity contribution in [2.75, 3.05) is 0 Å². The lowest BCUT2D eigenvalue weighted by atomic mass is 10.1. The van der Waals surface area contributed by atoms with Gasteiger partial charge in [-0.05, 0) is 23.3 Å². The predicted molar refractivity (Wildman–Crippen MR) is 78.8 cm³/mol. The second kappa shape index (κ2) is 5.21. The van der Waals surface area contributed by atoms with Crippen LogP contribution in [0.15, 0.2) is 60.8 Å². The normalized spacial score (nSPS) is 10.8. The third kappa shape index (κ3) is 2.43. The van der Waals surface area contributed by atoms with Crippen LogP contribution in [-0.2, 0) is 17.8 Å². The summed E-state index contributed by atoms with van der Waals surface area (Å²) in [4.78, 5) is 10.9. The molecule has 0 aliphatic rings. The van der Waals surface area contributed by atoms with Gasteiger partial charge in [0.05, 0.1) is 6.42 Å². The summed E-state index contributed by atoms with van der Waals surface area (Å²) < 4.78 is 2.15. The number of fused-ring (bicyclic) bond motifs is 1. The van der Waals surface area contributed by atoms with Crippen molar-refractivity contribution in [2.24, 2.45) is 0 Å². The smallest absolute Gasteiger partial charge is 0.307 e. The first kappa shape index (κ1) is 12.5. The van der Waals surface area contributed by atoms with Crippen LogP contribution < -0.4 is 0 Å². The molecule has 0 fully saturated rings. The van der Waals surface area contributed by atoms with E-state index in [1.807, 2.05) is 48.7 Å². The molecule has 0 amide bonds. The molecule has 0 spiro atoms. The molecule has 3 heteroatoms. The third-order valence-corrected chi connectivity index (χ3v) is 3.44. The van der Waals surface area contributed by atoms with Crippen molar-refractivity contribution in [3.63, 3.8) is 0 Å². The number of aromatic nitrogens is 1. The molecule has 0 aliphatic carbocycles. The zero-order valence-corrected chi connectivity index (χ0v) is 11.0. The summed E-state index contributed by atoms with van der Waals surface area (Å²) in [5.74, 6) is -0.798. The topological polar surface area (TPSA) is 42.2 Å². The van der Waals surface area contributed by atoms with Crippen molar-refractivity contribution in [1.29, 1.82) is 0 Å². The molecule has 0 saturated heterocycles. The van der Waals surface area contributed by atoms with Crippen molar-refractivity contribution in [3.8, 4) is 0 Å². The lowest BCUT2D eigenvalue weighted by Gasteiger charge is -2.06. The summed E-state index contributed by atoms with van der Waals surface area (Å²) >= 11 is 0. The summed E-state index contributed by atoms with van der Waals surface area (Å²) in [7, 11) is 0. The molecule has 0 saturated carbocycles. The van der Waals surface area contributed by atoms with Crippen LogP contribution in [0.4, 0.5) is 0 Å². The van der Waals surface area contributed by atoms with E-state index in [-0.39, 0.29) is 6.42 Å². The lowest BCUT2D eigenvalue weighted by molar-refractivity contribution is -0.136. The Morgan fingerprint density at radius 1 is 1.00 bits per heavy atom. The van der Waals surface area contributed by atoms with Crippen LogP contribution in [-0.4, -0.2) is 15.6 Å². The third-order valence-electron chi connectivity index (χ3n) is 3.44. The SMILES string of the molecule is O=C(O)Cc1cccc2c1ccn2Cc1ccccc1. The zero-order chi connectivity index (χ0) is 13.9. The molecule has 3 aromatic rings. The summed E-state index contributed by atoms with van der Waals surface area (Å²) in [5.41, 5.74) is 3.17. The Hall–Kier alpha value is -2.55. The van der Waals surface area contributed by atoms with E-state index in [1.165, 1.54) is 5.56 Å². The molecule has 0 atom stereocenters. The van der Waals surface area contributed by atoms with E-state index in [0.29, 0.717) is 0 Å². The Morgan fingerprint density at radius 3 is 2.55 bits per heavy atom. The minimum Gasteiger partial charge on any atom is -0.481 e. The molecule has 100 valence electrons. The zero-order valence-electron chi connectivity index (χ0n) is 11.0. The van der Waals surface area contributed by atoms with Crippen LogP contribution in [0.25, 0.3) is 10.9 Å². The average Bonchev–Trinajstić information content (AvgIpc) is 2.84. The molecule has 0 unspecified atom stereocenters. The minimum atomic E-state index is -0.798. The van der Waals surface area contributed by atoms with Crippen molar-refractivity contribution in [3.05, 3.63) is 71.9 Å². The number of carboxylic acids is 1. The quantitative estimate of drug-likeness (QED) is 0.786. The molecule has 0 bridgehead atoms. The van der Waals surface area contributed by atoms with Gasteiger partial charge in [0.25, 0.3) is 0 Å². The maximum atomic E-state index is 10.9. The van der Waals surface area contributed by atoms with Crippen molar-refractivity contribution in [2.45, 2.75) is 13.0 Å². The molecule has 1 heterocycles. The number of benzene rings is 2. The highest BCUT2D eigenvalue weighted by Crippen LogP contribution is 2.21. The van der Waals surface area contributed by atoms with Gasteiger partial charge in [-0.25, -0.2) is 0 Å². The van der Waals surface area contributed by atoms with Gasteiger partial charge in [0.1, 0.15) is 0 Å². The van der Waals surface area contributed by atoms with Gasteiger partial charge < -0.3 is 9.67 Å². The van der Waals surface area contributed by atoms with E-state index >= 15 is 0 Å². The van der Waals surface area contributed by atoms with Crippen LogP contribution >= 0.6 is 0 Å². The van der Waals surface area contributed by atoms with E-state index in [9.17, 15) is 4.79 Å². The monoisotopic (exact) mass is 265 g/mol. The predicted octanol–water partition coefficient (Wildman–Crippen LogP) is 3.32. The van der Waals surface area contributed by atoms with E-state index in [1.54, 1.807) is 0 Å². The van der Waals surface area contributed by atoms with E-state index < -0.39 is 5.97 Å². The molecule has 20 heavy (non-hydrogen) atoms. The molecule has 3 rings (SSSR count). The van der Waals surface area contributed by atoms with Crippen molar-refractivity contribution in [1.82, 2.24) is 4.57 Å². The van der Waals surface area contributed by atoms with Gasteiger partial charge in [-0.3, -0.25) is 4.79 Å². The van der Waals surface area contributed by atoms with Gasteiger partial charge in [-0.15, -0.1) is 0 Å². The highest BCUT2D eigenvalue weighted by Gasteiger charge is 2.08. The first-order chi connectivity index (χ1) is 9.74. The van der Waals surface area contributed by atoms with Gasteiger partial charge >= 0.3 is 5.97 Å². The summed E-state index contributed by atoms with van der Waals surface area (Å²) in [6.45, 7) is 0.793. The molecule has 0 aliphatic heterocycles. The minimum absolute atomic E-state index is 0.0622. The maximum absolute atomic E-state index is 10.9.